The molecule has 0 saturated carbocycles. The molecular weight excluding hydrogens is 282 g/mol. The van der Waals surface area contributed by atoms with Gasteiger partial charge < -0.3 is 14.7 Å². The van der Waals surface area contributed by atoms with Crippen LogP contribution in [-0.2, 0) is 14.3 Å². The Labute approximate surface area is 130 Å². The number of anilines is 1. The highest BCUT2D eigenvalue weighted by Gasteiger charge is 2.36. The Morgan fingerprint density at radius 1 is 1.36 bits per heavy atom. The van der Waals surface area contributed by atoms with Gasteiger partial charge in [-0.25, -0.2) is 0 Å². The Hall–Kier alpha value is -1.88. The number of fused-ring (bicyclic) bond motifs is 1. The van der Waals surface area contributed by atoms with Crippen LogP contribution in [0.25, 0.3) is 0 Å². The number of aliphatic hydroxyl groups is 1. The summed E-state index contributed by atoms with van der Waals surface area (Å²) in [5.41, 5.74) is 1.66. The number of nitrogens with zero attached hydrogens (tertiary/aromatic N) is 1. The monoisotopic (exact) mass is 305 g/mol. The summed E-state index contributed by atoms with van der Waals surface area (Å²) in [6.45, 7) is 2.10. The van der Waals surface area contributed by atoms with E-state index >= 15 is 0 Å². The highest BCUT2D eigenvalue weighted by atomic mass is 16.5. The third kappa shape index (κ3) is 3.65. The van der Waals surface area contributed by atoms with Crippen molar-refractivity contribution in [3.05, 3.63) is 29.8 Å². The molecule has 0 saturated heterocycles. The molecule has 1 aromatic rings. The molecule has 2 atom stereocenters. The van der Waals surface area contributed by atoms with Gasteiger partial charge in [0.15, 0.2) is 0 Å². The number of hydrogen-bond acceptors (Lipinski definition) is 4. The first-order valence-corrected chi connectivity index (χ1v) is 7.69. The molecule has 1 aliphatic heterocycles. The number of unbranched alkanes of at least 4 members (excludes halogenated alkanes) is 1. The summed E-state index contributed by atoms with van der Waals surface area (Å²) in [4.78, 5) is 26.0. The number of para-hydroxylation sites is 1. The van der Waals surface area contributed by atoms with Crippen LogP contribution in [0.2, 0.25) is 0 Å². The van der Waals surface area contributed by atoms with Crippen LogP contribution in [0.4, 0.5) is 5.69 Å². The second kappa shape index (κ2) is 7.40. The van der Waals surface area contributed by atoms with Crippen molar-refractivity contribution in [1.82, 2.24) is 0 Å². The predicted molar refractivity (Wildman–Crippen MR) is 83.7 cm³/mol. The number of esters is 1. The first kappa shape index (κ1) is 16.5. The topological polar surface area (TPSA) is 66.8 Å². The number of carbonyl (C=O) groups excluding carboxylic acids is 2. The van der Waals surface area contributed by atoms with Crippen molar-refractivity contribution in [2.24, 2.45) is 0 Å². The van der Waals surface area contributed by atoms with E-state index in [1.807, 2.05) is 24.3 Å². The van der Waals surface area contributed by atoms with Crippen molar-refractivity contribution >= 4 is 17.6 Å². The molecule has 2 unspecified atom stereocenters. The van der Waals surface area contributed by atoms with Gasteiger partial charge in [0.1, 0.15) is 5.92 Å². The zero-order valence-electron chi connectivity index (χ0n) is 13.1. The SMILES string of the molecule is COC(=O)C1CN(C(=O)CCCCC(C)O)c2ccccc21. The minimum atomic E-state index is -0.400. The maximum Gasteiger partial charge on any atom is 0.315 e. The minimum Gasteiger partial charge on any atom is -0.468 e. The number of ether oxygens (including phenoxy) is 1. The second-order valence-electron chi connectivity index (χ2n) is 5.73. The van der Waals surface area contributed by atoms with E-state index in [2.05, 4.69) is 0 Å². The fourth-order valence-corrected chi connectivity index (χ4v) is 2.84. The minimum absolute atomic E-state index is 0.0180. The maximum absolute atomic E-state index is 12.4. The summed E-state index contributed by atoms with van der Waals surface area (Å²) in [6, 6.07) is 7.47. The number of rotatable bonds is 6. The predicted octanol–water partition coefficient (Wildman–Crippen LogP) is 2.23. The summed E-state index contributed by atoms with van der Waals surface area (Å²) >= 11 is 0. The summed E-state index contributed by atoms with van der Waals surface area (Å²) < 4.78 is 4.84. The van der Waals surface area contributed by atoms with Gasteiger partial charge in [-0.1, -0.05) is 24.6 Å². The van der Waals surface area contributed by atoms with Crippen LogP contribution in [0.3, 0.4) is 0 Å². The lowest BCUT2D eigenvalue weighted by Gasteiger charge is -2.17. The van der Waals surface area contributed by atoms with Crippen LogP contribution in [0.5, 0.6) is 0 Å². The van der Waals surface area contributed by atoms with Gasteiger partial charge in [0.2, 0.25) is 5.91 Å². The standard InChI is InChI=1S/C17H23NO4/c1-12(19)7-3-6-10-16(20)18-11-14(17(21)22-2)13-8-4-5-9-15(13)18/h4-5,8-9,12,14,19H,3,6-7,10-11H2,1-2H3. The summed E-state index contributed by atoms with van der Waals surface area (Å²) in [6.07, 6.45) is 2.36. The number of methoxy groups -OCH3 is 1. The largest absolute Gasteiger partial charge is 0.468 e. The number of aliphatic hydroxyl groups excluding tert-OH is 1. The second-order valence-corrected chi connectivity index (χ2v) is 5.73. The smallest absolute Gasteiger partial charge is 0.315 e. The van der Waals surface area contributed by atoms with E-state index in [0.717, 1.165) is 24.1 Å². The van der Waals surface area contributed by atoms with Crippen molar-refractivity contribution in [3.63, 3.8) is 0 Å². The Kier molecular flexibility index (Phi) is 5.55. The fraction of sp³-hybridized carbons (Fsp3) is 0.529. The van der Waals surface area contributed by atoms with Crippen LogP contribution in [0.1, 0.15) is 44.1 Å². The lowest BCUT2D eigenvalue weighted by molar-refractivity contribution is -0.142. The first-order valence-electron chi connectivity index (χ1n) is 7.69. The molecular formula is C17H23NO4. The maximum atomic E-state index is 12.4. The van der Waals surface area contributed by atoms with Gasteiger partial charge >= 0.3 is 5.97 Å². The van der Waals surface area contributed by atoms with Gasteiger partial charge in [-0.05, 0) is 31.4 Å². The van der Waals surface area contributed by atoms with Gasteiger partial charge in [-0.2, -0.15) is 0 Å². The Morgan fingerprint density at radius 2 is 2.09 bits per heavy atom. The average Bonchev–Trinajstić information content (AvgIpc) is 2.90. The van der Waals surface area contributed by atoms with Crippen LogP contribution >= 0.6 is 0 Å². The van der Waals surface area contributed by atoms with Crippen molar-refractivity contribution in [1.29, 1.82) is 0 Å². The number of hydrogen-bond donors (Lipinski definition) is 1. The molecule has 0 aromatic heterocycles. The van der Waals surface area contributed by atoms with Crippen molar-refractivity contribution in [3.8, 4) is 0 Å². The fourth-order valence-electron chi connectivity index (χ4n) is 2.84. The molecule has 1 amide bonds. The third-order valence-electron chi connectivity index (χ3n) is 4.02. The van der Waals surface area contributed by atoms with E-state index in [-0.39, 0.29) is 18.0 Å². The lowest BCUT2D eigenvalue weighted by Crippen LogP contribution is -2.31. The average molecular weight is 305 g/mol. The van der Waals surface area contributed by atoms with Gasteiger partial charge in [-0.15, -0.1) is 0 Å². The van der Waals surface area contributed by atoms with Gasteiger partial charge in [0.25, 0.3) is 0 Å². The Bertz CT molecular complexity index is 541. The normalized spacial score (nSPS) is 18.0. The van der Waals surface area contributed by atoms with Crippen molar-refractivity contribution in [2.75, 3.05) is 18.6 Å². The zero-order chi connectivity index (χ0) is 16.1. The van der Waals surface area contributed by atoms with Crippen LogP contribution in [0, 0.1) is 0 Å². The molecule has 120 valence electrons. The van der Waals surface area contributed by atoms with E-state index in [0.29, 0.717) is 19.4 Å². The Balaban J connectivity index is 2.03. The first-order chi connectivity index (χ1) is 10.5. The number of carbonyl (C=O) groups is 2. The molecule has 1 aromatic carbocycles. The molecule has 1 N–H and O–H groups in total. The molecule has 0 aliphatic carbocycles. The van der Waals surface area contributed by atoms with E-state index in [4.69, 9.17) is 4.74 Å². The van der Waals surface area contributed by atoms with Gasteiger partial charge in [0.05, 0.1) is 13.2 Å². The summed E-state index contributed by atoms with van der Waals surface area (Å²) in [5, 5.41) is 9.24. The number of amides is 1. The van der Waals surface area contributed by atoms with Gasteiger partial charge in [0, 0.05) is 18.7 Å². The molecule has 0 bridgehead atoms. The highest BCUT2D eigenvalue weighted by Crippen LogP contribution is 2.37. The van der Waals surface area contributed by atoms with Crippen molar-refractivity contribution in [2.45, 2.75) is 44.6 Å². The lowest BCUT2D eigenvalue weighted by atomic mass is 10.0. The molecule has 22 heavy (non-hydrogen) atoms. The highest BCUT2D eigenvalue weighted by molar-refractivity contribution is 5.99. The molecule has 0 radical (unpaired) electrons. The van der Waals surface area contributed by atoms with Gasteiger partial charge in [-0.3, -0.25) is 9.59 Å². The Morgan fingerprint density at radius 3 is 2.77 bits per heavy atom. The van der Waals surface area contributed by atoms with E-state index in [1.165, 1.54) is 7.11 Å². The quantitative estimate of drug-likeness (QED) is 0.646. The molecule has 1 heterocycles. The third-order valence-corrected chi connectivity index (χ3v) is 4.02. The zero-order valence-corrected chi connectivity index (χ0v) is 13.1. The summed E-state index contributed by atoms with van der Waals surface area (Å²) in [5.74, 6) is -0.691. The molecule has 5 nitrogen and oxygen atoms in total. The van der Waals surface area contributed by atoms with Crippen LogP contribution in [0.15, 0.2) is 24.3 Å². The molecule has 5 heteroatoms. The van der Waals surface area contributed by atoms with E-state index in [9.17, 15) is 14.7 Å². The van der Waals surface area contributed by atoms with Crippen molar-refractivity contribution < 1.29 is 19.4 Å². The van der Waals surface area contributed by atoms with Crippen LogP contribution < -0.4 is 4.90 Å². The molecule has 0 spiro atoms. The molecule has 1 aliphatic rings. The molecule has 0 fully saturated rings. The number of benzene rings is 1. The van der Waals surface area contributed by atoms with E-state index < -0.39 is 5.92 Å². The summed E-state index contributed by atoms with van der Waals surface area (Å²) in [7, 11) is 1.37. The van der Waals surface area contributed by atoms with E-state index in [1.54, 1.807) is 11.8 Å². The molecule has 2 rings (SSSR count). The van der Waals surface area contributed by atoms with Crippen LogP contribution in [-0.4, -0.2) is 36.7 Å².